The Morgan fingerprint density at radius 3 is 1.88 bits per heavy atom. The van der Waals surface area contributed by atoms with Crippen LogP contribution in [0, 0.1) is 20.8 Å². The number of nitrogens with one attached hydrogen (secondary N) is 3. The van der Waals surface area contributed by atoms with Crippen molar-refractivity contribution in [1.82, 2.24) is 10.2 Å². The Balaban J connectivity index is 1.67. The zero-order chi connectivity index (χ0) is 18.7. The normalized spacial score (nSPS) is 10.4. The number of nitrogens with zero attached hydrogens (tertiary/aromatic N) is 1. The summed E-state index contributed by atoms with van der Waals surface area (Å²) in [5, 5.41) is 12.6. The molecule has 0 aliphatic heterocycles. The molecule has 0 aliphatic carbocycles. The van der Waals surface area contributed by atoms with Gasteiger partial charge in [-0.25, -0.2) is 0 Å². The maximum absolute atomic E-state index is 12.4. The number of hydrogen-bond donors (Lipinski definition) is 3. The minimum Gasteiger partial charge on any atom is -0.322 e. The highest BCUT2D eigenvalue weighted by molar-refractivity contribution is 6.06. The minimum absolute atomic E-state index is 0.188. The van der Waals surface area contributed by atoms with Crippen molar-refractivity contribution in [3.63, 3.8) is 0 Å². The molecule has 2 aromatic carbocycles. The maximum Gasteiger partial charge on any atom is 0.255 e. The summed E-state index contributed by atoms with van der Waals surface area (Å²) in [4.78, 5) is 24.6. The number of aromatic amines is 1. The minimum atomic E-state index is -0.228. The Hall–Kier alpha value is -3.41. The van der Waals surface area contributed by atoms with Crippen LogP contribution in [0.25, 0.3) is 0 Å². The summed E-state index contributed by atoms with van der Waals surface area (Å²) in [5.41, 5.74) is 5.03. The summed E-state index contributed by atoms with van der Waals surface area (Å²) >= 11 is 0. The molecule has 3 N–H and O–H groups in total. The SMILES string of the molecule is Cc1ccc(C(=O)Nc2ccc(C(=O)Nc3c(C)n[nH]c3C)cc2)cc1. The molecule has 0 fully saturated rings. The predicted octanol–water partition coefficient (Wildman–Crippen LogP) is 3.84. The topological polar surface area (TPSA) is 86.9 Å². The Bertz CT molecular complexity index is 921. The van der Waals surface area contributed by atoms with Crippen molar-refractivity contribution < 1.29 is 9.59 Å². The Morgan fingerprint density at radius 2 is 1.35 bits per heavy atom. The van der Waals surface area contributed by atoms with Crippen molar-refractivity contribution in [2.75, 3.05) is 10.6 Å². The highest BCUT2D eigenvalue weighted by Gasteiger charge is 2.12. The molecule has 0 saturated carbocycles. The van der Waals surface area contributed by atoms with E-state index in [4.69, 9.17) is 0 Å². The Labute approximate surface area is 151 Å². The number of aromatic nitrogens is 2. The first-order valence-corrected chi connectivity index (χ1v) is 8.25. The van der Waals surface area contributed by atoms with Gasteiger partial charge in [-0.1, -0.05) is 17.7 Å². The highest BCUT2D eigenvalue weighted by Crippen LogP contribution is 2.18. The molecule has 1 heterocycles. The van der Waals surface area contributed by atoms with Crippen LogP contribution in [0.3, 0.4) is 0 Å². The van der Waals surface area contributed by atoms with E-state index in [1.54, 1.807) is 36.4 Å². The van der Waals surface area contributed by atoms with Gasteiger partial charge in [-0.05, 0) is 57.2 Å². The molecule has 0 unspecified atom stereocenters. The number of aryl methyl sites for hydroxylation is 3. The van der Waals surface area contributed by atoms with Crippen LogP contribution in [0.2, 0.25) is 0 Å². The first-order chi connectivity index (χ1) is 12.4. The van der Waals surface area contributed by atoms with E-state index >= 15 is 0 Å². The van der Waals surface area contributed by atoms with Gasteiger partial charge in [-0.15, -0.1) is 0 Å². The van der Waals surface area contributed by atoms with E-state index in [9.17, 15) is 9.59 Å². The molecule has 6 nitrogen and oxygen atoms in total. The summed E-state index contributed by atoms with van der Waals surface area (Å²) in [6.45, 7) is 5.64. The van der Waals surface area contributed by atoms with Gasteiger partial charge in [0, 0.05) is 16.8 Å². The zero-order valence-electron chi connectivity index (χ0n) is 14.9. The monoisotopic (exact) mass is 348 g/mol. The predicted molar refractivity (Wildman–Crippen MR) is 102 cm³/mol. The van der Waals surface area contributed by atoms with Gasteiger partial charge in [-0.2, -0.15) is 5.10 Å². The van der Waals surface area contributed by atoms with Gasteiger partial charge in [0.1, 0.15) is 0 Å². The number of anilines is 2. The number of amides is 2. The molecule has 0 saturated heterocycles. The second-order valence-electron chi connectivity index (χ2n) is 6.16. The smallest absolute Gasteiger partial charge is 0.255 e. The van der Waals surface area contributed by atoms with Gasteiger partial charge >= 0.3 is 0 Å². The Kier molecular flexibility index (Phi) is 4.84. The van der Waals surface area contributed by atoms with Crippen molar-refractivity contribution in [2.45, 2.75) is 20.8 Å². The van der Waals surface area contributed by atoms with Crippen LogP contribution in [-0.4, -0.2) is 22.0 Å². The third kappa shape index (κ3) is 3.80. The van der Waals surface area contributed by atoms with Gasteiger partial charge in [0.15, 0.2) is 0 Å². The molecule has 26 heavy (non-hydrogen) atoms. The summed E-state index contributed by atoms with van der Waals surface area (Å²) in [6.07, 6.45) is 0. The van der Waals surface area contributed by atoms with E-state index in [-0.39, 0.29) is 11.8 Å². The summed E-state index contributed by atoms with van der Waals surface area (Å²) in [6, 6.07) is 14.1. The third-order valence-electron chi connectivity index (χ3n) is 4.09. The number of carbonyl (C=O) groups excluding carboxylic acids is 2. The van der Waals surface area contributed by atoms with Gasteiger partial charge in [0.2, 0.25) is 0 Å². The molecule has 0 aliphatic rings. The first-order valence-electron chi connectivity index (χ1n) is 8.25. The summed E-state index contributed by atoms with van der Waals surface area (Å²) < 4.78 is 0. The second-order valence-corrected chi connectivity index (χ2v) is 6.16. The molecule has 0 bridgehead atoms. The zero-order valence-corrected chi connectivity index (χ0v) is 14.9. The number of hydrogen-bond acceptors (Lipinski definition) is 3. The highest BCUT2D eigenvalue weighted by atomic mass is 16.2. The quantitative estimate of drug-likeness (QED) is 0.669. The fourth-order valence-electron chi connectivity index (χ4n) is 2.53. The number of carbonyl (C=O) groups is 2. The summed E-state index contributed by atoms with van der Waals surface area (Å²) in [7, 11) is 0. The molecular formula is C20H20N4O2. The maximum atomic E-state index is 12.4. The van der Waals surface area contributed by atoms with Crippen LogP contribution < -0.4 is 10.6 Å². The average Bonchev–Trinajstić information content (AvgIpc) is 2.94. The van der Waals surface area contributed by atoms with Crippen molar-refractivity contribution >= 4 is 23.2 Å². The first kappa shape index (κ1) is 17.4. The van der Waals surface area contributed by atoms with Crippen molar-refractivity contribution in [3.8, 4) is 0 Å². The Morgan fingerprint density at radius 1 is 0.808 bits per heavy atom. The molecule has 132 valence electrons. The van der Waals surface area contributed by atoms with E-state index < -0.39 is 0 Å². The fraction of sp³-hybridized carbons (Fsp3) is 0.150. The summed E-state index contributed by atoms with van der Waals surface area (Å²) in [5.74, 6) is -0.416. The van der Waals surface area contributed by atoms with Crippen LogP contribution >= 0.6 is 0 Å². The van der Waals surface area contributed by atoms with E-state index in [1.807, 2.05) is 32.9 Å². The third-order valence-corrected chi connectivity index (χ3v) is 4.09. The van der Waals surface area contributed by atoms with E-state index in [2.05, 4.69) is 20.8 Å². The van der Waals surface area contributed by atoms with Gasteiger partial charge < -0.3 is 10.6 Å². The lowest BCUT2D eigenvalue weighted by atomic mass is 10.1. The van der Waals surface area contributed by atoms with Gasteiger partial charge in [0.05, 0.1) is 17.1 Å². The molecule has 2 amide bonds. The number of H-pyrrole nitrogens is 1. The largest absolute Gasteiger partial charge is 0.322 e. The lowest BCUT2D eigenvalue weighted by Crippen LogP contribution is -2.14. The van der Waals surface area contributed by atoms with Gasteiger partial charge in [-0.3, -0.25) is 14.7 Å². The second kappa shape index (κ2) is 7.23. The molecule has 0 spiro atoms. The van der Waals surface area contributed by atoms with Crippen LogP contribution in [-0.2, 0) is 0 Å². The molecule has 1 aromatic heterocycles. The molecule has 6 heteroatoms. The van der Waals surface area contributed by atoms with Crippen molar-refractivity contribution in [1.29, 1.82) is 0 Å². The number of benzene rings is 2. The average molecular weight is 348 g/mol. The van der Waals surface area contributed by atoms with Crippen LogP contribution in [0.4, 0.5) is 11.4 Å². The van der Waals surface area contributed by atoms with Crippen molar-refractivity contribution in [2.24, 2.45) is 0 Å². The van der Waals surface area contributed by atoms with Crippen molar-refractivity contribution in [3.05, 3.63) is 76.6 Å². The lowest BCUT2D eigenvalue weighted by Gasteiger charge is -2.08. The molecule has 0 radical (unpaired) electrons. The standard InChI is InChI=1S/C20H20N4O2/c1-12-4-6-15(7-5-12)19(25)21-17-10-8-16(9-11-17)20(26)22-18-13(2)23-24-14(18)3/h4-11H,1-3H3,(H,21,25)(H,22,26)(H,23,24). The van der Waals surface area contributed by atoms with Crippen LogP contribution in [0.15, 0.2) is 48.5 Å². The van der Waals surface area contributed by atoms with Crippen LogP contribution in [0.5, 0.6) is 0 Å². The van der Waals surface area contributed by atoms with Crippen LogP contribution in [0.1, 0.15) is 37.7 Å². The van der Waals surface area contributed by atoms with E-state index in [0.29, 0.717) is 22.5 Å². The van der Waals surface area contributed by atoms with E-state index in [1.165, 1.54) is 0 Å². The molecule has 3 aromatic rings. The van der Waals surface area contributed by atoms with E-state index in [0.717, 1.165) is 17.0 Å². The number of rotatable bonds is 4. The molecular weight excluding hydrogens is 328 g/mol. The molecule has 0 atom stereocenters. The fourth-order valence-corrected chi connectivity index (χ4v) is 2.53. The lowest BCUT2D eigenvalue weighted by molar-refractivity contribution is 0.102. The molecule has 3 rings (SSSR count). The van der Waals surface area contributed by atoms with Gasteiger partial charge in [0.25, 0.3) is 11.8 Å².